The van der Waals surface area contributed by atoms with Crippen molar-refractivity contribution >= 4 is 40.4 Å². The average molecular weight is 586 g/mol. The Labute approximate surface area is 240 Å². The zero-order valence-corrected chi connectivity index (χ0v) is 23.6. The molecule has 2 aromatic heterocycles. The van der Waals surface area contributed by atoms with Crippen molar-refractivity contribution in [2.24, 2.45) is 0 Å². The highest BCUT2D eigenvalue weighted by atomic mass is 32.1. The minimum Gasteiger partial charge on any atom is -0.446 e. The van der Waals surface area contributed by atoms with Crippen LogP contribution in [0, 0.1) is 5.82 Å². The lowest BCUT2D eigenvalue weighted by Crippen LogP contribution is -2.50. The topological polar surface area (TPSA) is 138 Å². The van der Waals surface area contributed by atoms with Crippen molar-refractivity contribution in [3.63, 3.8) is 0 Å². The second-order valence-corrected chi connectivity index (χ2v) is 10.9. The molecule has 4 heterocycles. The highest BCUT2D eigenvalue weighted by molar-refractivity contribution is 7.17. The second kappa shape index (κ2) is 13.0. The molecule has 0 radical (unpaired) electrons. The minimum atomic E-state index is -0.528. The van der Waals surface area contributed by atoms with E-state index in [2.05, 4.69) is 42.7 Å². The maximum Gasteiger partial charge on any atom is 0.413 e. The lowest BCUT2D eigenvalue weighted by atomic mass is 10.1. The van der Waals surface area contributed by atoms with Crippen molar-refractivity contribution < 1.29 is 23.5 Å². The quantitative estimate of drug-likeness (QED) is 0.418. The summed E-state index contributed by atoms with van der Waals surface area (Å²) in [7, 11) is 3.77. The van der Waals surface area contributed by atoms with Crippen molar-refractivity contribution in [1.82, 2.24) is 30.0 Å². The van der Waals surface area contributed by atoms with Crippen molar-refractivity contribution in [2.45, 2.75) is 37.8 Å². The van der Waals surface area contributed by atoms with Crippen LogP contribution in [0.5, 0.6) is 10.9 Å². The summed E-state index contributed by atoms with van der Waals surface area (Å²) in [5, 5.41) is 13.9. The van der Waals surface area contributed by atoms with Gasteiger partial charge >= 0.3 is 17.3 Å². The van der Waals surface area contributed by atoms with Crippen LogP contribution in [0.15, 0.2) is 36.5 Å². The van der Waals surface area contributed by atoms with Gasteiger partial charge in [-0.15, -0.1) is 5.10 Å². The van der Waals surface area contributed by atoms with Crippen LogP contribution in [-0.4, -0.2) is 94.5 Å². The van der Waals surface area contributed by atoms with E-state index in [4.69, 9.17) is 9.47 Å². The molecule has 5 rings (SSSR count). The van der Waals surface area contributed by atoms with Crippen molar-refractivity contribution in [3.8, 4) is 10.9 Å². The van der Waals surface area contributed by atoms with Crippen LogP contribution in [0.25, 0.3) is 0 Å². The molecule has 218 valence electrons. The fourth-order valence-electron chi connectivity index (χ4n) is 4.66. The summed E-state index contributed by atoms with van der Waals surface area (Å²) < 4.78 is 24.2. The van der Waals surface area contributed by atoms with E-state index in [1.807, 2.05) is 4.90 Å². The number of likely N-dealkylation sites (tertiary alicyclic amines) is 1. The lowest BCUT2D eigenvalue weighted by Gasteiger charge is -2.37. The fraction of sp³-hybridized carbons (Fsp3) is 0.462. The first-order valence-corrected chi connectivity index (χ1v) is 14.2. The molecule has 1 aromatic carbocycles. The van der Waals surface area contributed by atoms with E-state index in [9.17, 15) is 14.0 Å². The standard InChI is InChI=1S/C26H32FN9O4S/c1-34-14-10-20(11-15-34)39-25(38)30-21-9-12-28-22(29-21)36-13-3-4-18(16-36)35(2)24(37)31-23-32-33-26(41-23)40-19-7-5-17(27)6-8-19/h5-9,12,18,20H,3-4,10-11,13-16H2,1-2H3,(H,31,32,37)(H,28,29,30,38)/t18-/m1/s1. The van der Waals surface area contributed by atoms with Crippen LogP contribution in [0.3, 0.4) is 0 Å². The number of rotatable bonds is 7. The zero-order chi connectivity index (χ0) is 28.8. The molecule has 15 heteroatoms. The number of aromatic nitrogens is 4. The molecule has 3 amide bonds. The van der Waals surface area contributed by atoms with Gasteiger partial charge in [-0.3, -0.25) is 10.6 Å². The molecular weight excluding hydrogens is 553 g/mol. The van der Waals surface area contributed by atoms with Crippen LogP contribution in [-0.2, 0) is 4.74 Å². The Balaban J connectivity index is 1.13. The number of carbonyl (C=O) groups excluding carboxylic acids is 2. The summed E-state index contributed by atoms with van der Waals surface area (Å²) in [6, 6.07) is 6.70. The Morgan fingerprint density at radius 2 is 1.85 bits per heavy atom. The van der Waals surface area contributed by atoms with Crippen LogP contribution in [0.2, 0.25) is 0 Å². The van der Waals surface area contributed by atoms with Crippen LogP contribution >= 0.6 is 11.3 Å². The molecule has 2 aliphatic heterocycles. The molecule has 0 saturated carbocycles. The van der Waals surface area contributed by atoms with Gasteiger partial charge in [0.1, 0.15) is 23.5 Å². The number of nitrogens with one attached hydrogen (secondary N) is 2. The maximum atomic E-state index is 13.1. The molecule has 1 atom stereocenters. The molecule has 0 bridgehead atoms. The summed E-state index contributed by atoms with van der Waals surface area (Å²) >= 11 is 1.06. The third-order valence-corrected chi connectivity index (χ3v) is 7.72. The lowest BCUT2D eigenvalue weighted by molar-refractivity contribution is 0.0661. The van der Waals surface area contributed by atoms with Crippen LogP contribution < -0.4 is 20.3 Å². The van der Waals surface area contributed by atoms with E-state index in [0.717, 1.165) is 56.7 Å². The van der Waals surface area contributed by atoms with Gasteiger partial charge in [-0.1, -0.05) is 5.10 Å². The van der Waals surface area contributed by atoms with Gasteiger partial charge in [-0.05, 0) is 74.4 Å². The largest absolute Gasteiger partial charge is 0.446 e. The number of anilines is 3. The molecular formula is C26H32FN9O4S. The number of urea groups is 1. The van der Waals surface area contributed by atoms with E-state index >= 15 is 0 Å². The van der Waals surface area contributed by atoms with E-state index < -0.39 is 6.09 Å². The minimum absolute atomic E-state index is 0.105. The first kappa shape index (κ1) is 28.4. The van der Waals surface area contributed by atoms with Crippen molar-refractivity contribution in [3.05, 3.63) is 42.3 Å². The molecule has 0 aliphatic carbocycles. The Bertz CT molecular complexity index is 1340. The van der Waals surface area contributed by atoms with E-state index in [1.165, 1.54) is 24.3 Å². The van der Waals surface area contributed by atoms with Gasteiger partial charge in [0.25, 0.3) is 0 Å². The molecule has 2 N–H and O–H groups in total. The van der Waals surface area contributed by atoms with Gasteiger partial charge in [-0.25, -0.2) is 19.0 Å². The number of piperidine rings is 2. The smallest absolute Gasteiger partial charge is 0.413 e. The zero-order valence-electron chi connectivity index (χ0n) is 22.8. The fourth-order valence-corrected chi connectivity index (χ4v) is 5.27. The van der Waals surface area contributed by atoms with E-state index in [-0.39, 0.29) is 34.3 Å². The van der Waals surface area contributed by atoms with Gasteiger partial charge in [0.2, 0.25) is 11.1 Å². The predicted octanol–water partition coefficient (Wildman–Crippen LogP) is 4.03. The average Bonchev–Trinajstić information content (AvgIpc) is 3.41. The van der Waals surface area contributed by atoms with Gasteiger partial charge in [0.05, 0.1) is 6.04 Å². The Hall–Kier alpha value is -4.11. The maximum absolute atomic E-state index is 13.1. The molecule has 13 nitrogen and oxygen atoms in total. The van der Waals surface area contributed by atoms with Gasteiger partial charge in [0.15, 0.2) is 0 Å². The third kappa shape index (κ3) is 7.76. The molecule has 2 fully saturated rings. The Kier molecular flexibility index (Phi) is 9.04. The molecule has 2 saturated heterocycles. The SMILES string of the molecule is CN1CCC(OC(=O)Nc2ccnc(N3CCC[C@@H](N(C)C(=O)Nc4nnc(Oc5ccc(F)cc5)s4)C3)n2)CC1. The molecule has 41 heavy (non-hydrogen) atoms. The number of halogens is 1. The first-order chi connectivity index (χ1) is 19.8. The normalized spacial score (nSPS) is 18.0. The number of ether oxygens (including phenoxy) is 2. The number of carbonyl (C=O) groups is 2. The van der Waals surface area contributed by atoms with Crippen molar-refractivity contribution in [2.75, 3.05) is 55.8 Å². The number of hydrogen-bond donors (Lipinski definition) is 2. The van der Waals surface area contributed by atoms with Crippen molar-refractivity contribution in [1.29, 1.82) is 0 Å². The summed E-state index contributed by atoms with van der Waals surface area (Å²) in [5.74, 6) is 0.865. The molecule has 3 aromatic rings. The molecule has 0 unspecified atom stereocenters. The number of nitrogens with zero attached hydrogens (tertiary/aromatic N) is 7. The highest BCUT2D eigenvalue weighted by Gasteiger charge is 2.28. The van der Waals surface area contributed by atoms with Gasteiger partial charge < -0.3 is 24.2 Å². The van der Waals surface area contributed by atoms with E-state index in [1.54, 1.807) is 24.2 Å². The Morgan fingerprint density at radius 1 is 1.07 bits per heavy atom. The van der Waals surface area contributed by atoms with Crippen LogP contribution in [0.4, 0.5) is 30.9 Å². The van der Waals surface area contributed by atoms with E-state index in [0.29, 0.717) is 24.1 Å². The number of amides is 3. The number of hydrogen-bond acceptors (Lipinski definition) is 11. The predicted molar refractivity (Wildman–Crippen MR) is 151 cm³/mol. The van der Waals surface area contributed by atoms with Crippen LogP contribution in [0.1, 0.15) is 25.7 Å². The number of likely N-dealkylation sites (N-methyl/N-ethyl adjacent to an activating group) is 1. The third-order valence-electron chi connectivity index (χ3n) is 7.00. The Morgan fingerprint density at radius 3 is 2.63 bits per heavy atom. The second-order valence-electron chi connectivity index (χ2n) is 9.99. The number of benzene rings is 1. The molecule has 0 spiro atoms. The highest BCUT2D eigenvalue weighted by Crippen LogP contribution is 2.28. The first-order valence-electron chi connectivity index (χ1n) is 13.4. The monoisotopic (exact) mass is 585 g/mol. The summed E-state index contributed by atoms with van der Waals surface area (Å²) in [6.45, 7) is 3.02. The summed E-state index contributed by atoms with van der Waals surface area (Å²) in [4.78, 5) is 40.1. The molecule has 2 aliphatic rings. The van der Waals surface area contributed by atoms with Gasteiger partial charge in [0, 0.05) is 39.4 Å². The summed E-state index contributed by atoms with van der Waals surface area (Å²) in [5.41, 5.74) is 0. The summed E-state index contributed by atoms with van der Waals surface area (Å²) in [6.07, 6.45) is 4.20. The van der Waals surface area contributed by atoms with Gasteiger partial charge in [-0.2, -0.15) is 4.98 Å².